The number of fused-ring (bicyclic) bond motifs is 4. The molecular weight excluding hydrogens is 526 g/mol. The SMILES string of the molecule is Cc1cccc2cc(O)cc(-c3cnc4c(N5CC6CCC(C5)N6)cc(OCC5(CN6CCOCC6)CC5)nc4c3)c12. The van der Waals surface area contributed by atoms with E-state index in [2.05, 4.69) is 40.2 Å². The number of ether oxygens (including phenoxy) is 2. The van der Waals surface area contributed by atoms with Gasteiger partial charge in [0, 0.05) is 68.0 Å². The maximum atomic E-state index is 10.6. The van der Waals surface area contributed by atoms with Gasteiger partial charge in [0.05, 0.1) is 31.0 Å². The van der Waals surface area contributed by atoms with Gasteiger partial charge < -0.3 is 24.8 Å². The van der Waals surface area contributed by atoms with E-state index in [1.165, 1.54) is 31.2 Å². The predicted octanol–water partition coefficient (Wildman–Crippen LogP) is 4.90. The zero-order chi connectivity index (χ0) is 28.3. The maximum absolute atomic E-state index is 10.6. The second kappa shape index (κ2) is 10.4. The fraction of sp³-hybridized carbons (Fsp3) is 0.471. The monoisotopic (exact) mass is 565 g/mol. The van der Waals surface area contributed by atoms with Crippen molar-refractivity contribution in [3.63, 3.8) is 0 Å². The Balaban J connectivity index is 1.17. The number of aromatic nitrogens is 2. The third-order valence-corrected chi connectivity index (χ3v) is 9.79. The molecule has 2 bridgehead atoms. The smallest absolute Gasteiger partial charge is 0.216 e. The van der Waals surface area contributed by atoms with Crippen LogP contribution in [0.4, 0.5) is 5.69 Å². The molecule has 3 saturated heterocycles. The number of anilines is 1. The summed E-state index contributed by atoms with van der Waals surface area (Å²) in [6, 6.07) is 15.1. The Morgan fingerprint density at radius 2 is 1.88 bits per heavy atom. The summed E-state index contributed by atoms with van der Waals surface area (Å²) in [5.41, 5.74) is 6.13. The number of nitrogens with one attached hydrogen (secondary N) is 1. The van der Waals surface area contributed by atoms with Crippen molar-refractivity contribution in [3.8, 4) is 22.8 Å². The average Bonchev–Trinajstić information content (AvgIpc) is 3.69. The normalized spacial score (nSPS) is 23.5. The summed E-state index contributed by atoms with van der Waals surface area (Å²) in [4.78, 5) is 15.1. The highest BCUT2D eigenvalue weighted by Crippen LogP contribution is 2.47. The number of morpholine rings is 1. The number of piperazine rings is 1. The number of phenols is 1. The number of hydrogen-bond acceptors (Lipinski definition) is 8. The van der Waals surface area contributed by atoms with E-state index in [1.54, 1.807) is 0 Å². The number of nitrogens with zero attached hydrogens (tertiary/aromatic N) is 4. The Morgan fingerprint density at radius 3 is 2.67 bits per heavy atom. The Hall–Kier alpha value is -3.46. The van der Waals surface area contributed by atoms with Gasteiger partial charge in [0.1, 0.15) is 11.3 Å². The Labute approximate surface area is 246 Å². The number of aryl methyl sites for hydroxylation is 1. The molecule has 0 radical (unpaired) electrons. The standard InChI is InChI=1S/C34H39N5O3/c1-22-3-2-4-23-13-27(40)15-28(32(22)23)24-14-29-33(35-17-24)30(39-18-25-5-6-26(19-39)36-25)16-31(37-29)42-21-34(7-8-34)20-38-9-11-41-12-10-38/h2-4,13-17,25-26,36,40H,5-12,18-21H2,1H3. The summed E-state index contributed by atoms with van der Waals surface area (Å²) in [5.74, 6) is 0.924. The first-order valence-corrected chi connectivity index (χ1v) is 15.5. The van der Waals surface area contributed by atoms with E-state index < -0.39 is 0 Å². The highest BCUT2D eigenvalue weighted by molar-refractivity contribution is 6.01. The van der Waals surface area contributed by atoms with Crippen LogP contribution in [0.15, 0.2) is 48.7 Å². The van der Waals surface area contributed by atoms with Crippen LogP contribution in [-0.4, -0.2) is 84.6 Å². The first-order valence-electron chi connectivity index (χ1n) is 15.5. The van der Waals surface area contributed by atoms with Crippen molar-refractivity contribution in [2.24, 2.45) is 5.41 Å². The van der Waals surface area contributed by atoms with E-state index >= 15 is 0 Å². The molecule has 218 valence electrons. The fourth-order valence-corrected chi connectivity index (χ4v) is 7.34. The molecule has 4 aromatic rings. The number of hydrogen-bond donors (Lipinski definition) is 2. The van der Waals surface area contributed by atoms with Gasteiger partial charge in [-0.2, -0.15) is 0 Å². The zero-order valence-electron chi connectivity index (χ0n) is 24.3. The molecule has 1 saturated carbocycles. The lowest BCUT2D eigenvalue weighted by Crippen LogP contribution is -2.51. The van der Waals surface area contributed by atoms with Crippen LogP contribution >= 0.6 is 0 Å². The van der Waals surface area contributed by atoms with Crippen LogP contribution < -0.4 is 15.0 Å². The molecule has 0 spiro atoms. The minimum absolute atomic E-state index is 0.209. The van der Waals surface area contributed by atoms with Crippen molar-refractivity contribution in [2.75, 3.05) is 57.4 Å². The van der Waals surface area contributed by atoms with Gasteiger partial charge in [0.25, 0.3) is 0 Å². The Morgan fingerprint density at radius 1 is 1.07 bits per heavy atom. The molecule has 1 aliphatic carbocycles. The molecule has 2 aromatic carbocycles. The van der Waals surface area contributed by atoms with Crippen molar-refractivity contribution in [1.82, 2.24) is 20.2 Å². The van der Waals surface area contributed by atoms with Gasteiger partial charge in [-0.25, -0.2) is 4.98 Å². The minimum Gasteiger partial charge on any atom is -0.508 e. The topological polar surface area (TPSA) is 83.0 Å². The predicted molar refractivity (Wildman–Crippen MR) is 165 cm³/mol. The van der Waals surface area contributed by atoms with Gasteiger partial charge in [-0.15, -0.1) is 0 Å². The van der Waals surface area contributed by atoms with Crippen molar-refractivity contribution in [3.05, 3.63) is 54.2 Å². The summed E-state index contributed by atoms with van der Waals surface area (Å²) >= 11 is 0. The number of pyridine rings is 2. The summed E-state index contributed by atoms with van der Waals surface area (Å²) in [5, 5.41) is 16.5. The molecule has 8 heteroatoms. The Kier molecular flexibility index (Phi) is 6.46. The first kappa shape index (κ1) is 26.2. The van der Waals surface area contributed by atoms with E-state index in [-0.39, 0.29) is 11.2 Å². The summed E-state index contributed by atoms with van der Waals surface area (Å²) in [7, 11) is 0. The second-order valence-corrected chi connectivity index (χ2v) is 13.0. The first-order chi connectivity index (χ1) is 20.5. The molecular formula is C34H39N5O3. The molecule has 8 rings (SSSR count). The van der Waals surface area contributed by atoms with Gasteiger partial charge >= 0.3 is 0 Å². The van der Waals surface area contributed by atoms with E-state index in [0.29, 0.717) is 24.6 Å². The van der Waals surface area contributed by atoms with Gasteiger partial charge in [-0.1, -0.05) is 18.2 Å². The third kappa shape index (κ3) is 4.95. The molecule has 2 N–H and O–H groups in total. The minimum atomic E-state index is 0.209. The molecule has 8 nitrogen and oxygen atoms in total. The van der Waals surface area contributed by atoms with Crippen LogP contribution in [0, 0.1) is 12.3 Å². The Bertz CT molecular complexity index is 1640. The van der Waals surface area contributed by atoms with Crippen LogP contribution in [0.3, 0.4) is 0 Å². The lowest BCUT2D eigenvalue weighted by atomic mass is 9.95. The van der Waals surface area contributed by atoms with E-state index in [0.717, 1.165) is 84.6 Å². The van der Waals surface area contributed by atoms with Crippen LogP contribution in [0.2, 0.25) is 0 Å². The summed E-state index contributed by atoms with van der Waals surface area (Å²) in [6.07, 6.45) is 6.77. The number of phenolic OH excluding ortho intramolecular Hbond substituents is 1. The summed E-state index contributed by atoms with van der Waals surface area (Å²) in [6.45, 7) is 9.44. The van der Waals surface area contributed by atoms with Crippen molar-refractivity contribution in [1.29, 1.82) is 0 Å². The molecule has 4 aliphatic rings. The zero-order valence-corrected chi connectivity index (χ0v) is 24.3. The molecule has 0 amide bonds. The van der Waals surface area contributed by atoms with E-state index in [1.807, 2.05) is 30.5 Å². The van der Waals surface area contributed by atoms with Crippen molar-refractivity contribution < 1.29 is 14.6 Å². The van der Waals surface area contributed by atoms with E-state index in [9.17, 15) is 5.11 Å². The molecule has 2 aromatic heterocycles. The quantitative estimate of drug-likeness (QED) is 0.328. The highest BCUT2D eigenvalue weighted by Gasteiger charge is 2.45. The van der Waals surface area contributed by atoms with Crippen LogP contribution in [0.25, 0.3) is 32.9 Å². The average molecular weight is 566 g/mol. The fourth-order valence-electron chi connectivity index (χ4n) is 7.34. The number of benzene rings is 2. The third-order valence-electron chi connectivity index (χ3n) is 9.79. The number of aromatic hydroxyl groups is 1. The summed E-state index contributed by atoms with van der Waals surface area (Å²) < 4.78 is 12.1. The number of rotatable bonds is 7. The lowest BCUT2D eigenvalue weighted by molar-refractivity contribution is 0.0234. The van der Waals surface area contributed by atoms with E-state index in [4.69, 9.17) is 19.4 Å². The maximum Gasteiger partial charge on any atom is 0.216 e. The van der Waals surface area contributed by atoms with Crippen LogP contribution in [0.5, 0.6) is 11.6 Å². The molecule has 2 unspecified atom stereocenters. The van der Waals surface area contributed by atoms with Gasteiger partial charge in [0.2, 0.25) is 5.88 Å². The highest BCUT2D eigenvalue weighted by atomic mass is 16.5. The molecule has 3 aliphatic heterocycles. The van der Waals surface area contributed by atoms with Gasteiger partial charge in [-0.05, 0) is 72.7 Å². The molecule has 42 heavy (non-hydrogen) atoms. The molecule has 5 heterocycles. The lowest BCUT2D eigenvalue weighted by Gasteiger charge is -2.35. The second-order valence-electron chi connectivity index (χ2n) is 13.0. The van der Waals surface area contributed by atoms with Crippen LogP contribution in [0.1, 0.15) is 31.2 Å². The van der Waals surface area contributed by atoms with Crippen molar-refractivity contribution in [2.45, 2.75) is 44.7 Å². The molecule has 2 atom stereocenters. The van der Waals surface area contributed by atoms with Crippen LogP contribution in [-0.2, 0) is 4.74 Å². The van der Waals surface area contributed by atoms with Gasteiger partial charge in [0.15, 0.2) is 0 Å². The molecule has 4 fully saturated rings. The van der Waals surface area contributed by atoms with Crippen molar-refractivity contribution >= 4 is 27.5 Å². The van der Waals surface area contributed by atoms with Gasteiger partial charge in [-0.3, -0.25) is 9.88 Å². The largest absolute Gasteiger partial charge is 0.508 e.